The van der Waals surface area contributed by atoms with Crippen molar-refractivity contribution in [3.8, 4) is 11.5 Å². The normalized spacial score (nSPS) is 14.8. The van der Waals surface area contributed by atoms with Gasteiger partial charge in [0.15, 0.2) is 11.4 Å². The molecule has 33 heavy (non-hydrogen) atoms. The van der Waals surface area contributed by atoms with Crippen molar-refractivity contribution in [1.82, 2.24) is 24.4 Å². The van der Waals surface area contributed by atoms with Gasteiger partial charge >= 0.3 is 0 Å². The van der Waals surface area contributed by atoms with Crippen molar-refractivity contribution in [1.29, 1.82) is 0 Å². The number of halogens is 1. The molecule has 1 aliphatic heterocycles. The first-order valence-electron chi connectivity index (χ1n) is 10.8. The van der Waals surface area contributed by atoms with Crippen LogP contribution in [-0.2, 0) is 6.54 Å². The summed E-state index contributed by atoms with van der Waals surface area (Å²) in [5, 5.41) is 0. The minimum atomic E-state index is -0.257. The van der Waals surface area contributed by atoms with Crippen molar-refractivity contribution in [3.63, 3.8) is 0 Å². The minimum Gasteiger partial charge on any atom is -0.460 e. The Bertz CT molecular complexity index is 1360. The third-order valence-electron chi connectivity index (χ3n) is 5.89. The molecule has 10 heteroatoms. The van der Waals surface area contributed by atoms with Gasteiger partial charge in [0, 0.05) is 39.3 Å². The fourth-order valence-electron chi connectivity index (χ4n) is 4.17. The zero-order chi connectivity index (χ0) is 22.9. The molecule has 4 heterocycles. The van der Waals surface area contributed by atoms with Gasteiger partial charge in [-0.05, 0) is 31.2 Å². The summed E-state index contributed by atoms with van der Waals surface area (Å²) < 4.78 is 21.4. The molecule has 170 valence electrons. The average molecular weight is 449 g/mol. The van der Waals surface area contributed by atoms with Crippen LogP contribution >= 0.6 is 0 Å². The molecule has 0 bridgehead atoms. The molecular weight excluding hydrogens is 425 g/mol. The number of nitrogens with zero attached hydrogens (tertiary/aromatic N) is 6. The zero-order valence-electron chi connectivity index (χ0n) is 18.2. The number of rotatable bonds is 5. The number of fused-ring (bicyclic) bond motifs is 1. The predicted octanol–water partition coefficient (Wildman–Crippen LogP) is 2.30. The van der Waals surface area contributed by atoms with Crippen LogP contribution in [0.4, 0.5) is 16.0 Å². The second-order valence-electron chi connectivity index (χ2n) is 8.04. The van der Waals surface area contributed by atoms with E-state index in [9.17, 15) is 9.18 Å². The van der Waals surface area contributed by atoms with Crippen LogP contribution in [0.3, 0.4) is 0 Å². The summed E-state index contributed by atoms with van der Waals surface area (Å²) in [6.45, 7) is 5.85. The highest BCUT2D eigenvalue weighted by atomic mass is 19.1. The maximum Gasteiger partial charge on any atom is 0.270 e. The van der Waals surface area contributed by atoms with E-state index in [4.69, 9.17) is 10.2 Å². The molecule has 0 amide bonds. The topological polar surface area (TPSA) is 106 Å². The predicted molar refractivity (Wildman–Crippen MR) is 123 cm³/mol. The van der Waals surface area contributed by atoms with Gasteiger partial charge < -0.3 is 15.1 Å². The number of benzene rings is 1. The van der Waals surface area contributed by atoms with Crippen LogP contribution in [0.25, 0.3) is 22.6 Å². The van der Waals surface area contributed by atoms with E-state index in [0.29, 0.717) is 54.5 Å². The van der Waals surface area contributed by atoms with Crippen molar-refractivity contribution in [2.45, 2.75) is 13.5 Å². The van der Waals surface area contributed by atoms with Gasteiger partial charge in [0.1, 0.15) is 22.8 Å². The number of para-hydroxylation sites is 1. The Morgan fingerprint density at radius 2 is 1.85 bits per heavy atom. The van der Waals surface area contributed by atoms with Gasteiger partial charge in [-0.1, -0.05) is 12.1 Å². The van der Waals surface area contributed by atoms with Crippen molar-refractivity contribution in [3.05, 3.63) is 64.5 Å². The molecule has 9 nitrogen and oxygen atoms in total. The summed E-state index contributed by atoms with van der Waals surface area (Å²) in [4.78, 5) is 29.8. The highest BCUT2D eigenvalue weighted by Crippen LogP contribution is 2.26. The lowest BCUT2D eigenvalue weighted by Gasteiger charge is -2.36. The van der Waals surface area contributed by atoms with Crippen LogP contribution in [0.5, 0.6) is 0 Å². The first-order chi connectivity index (χ1) is 16.0. The van der Waals surface area contributed by atoms with Crippen LogP contribution in [0, 0.1) is 12.7 Å². The molecule has 5 rings (SSSR count). The average Bonchev–Trinajstić information content (AvgIpc) is 3.25. The van der Waals surface area contributed by atoms with E-state index in [1.165, 1.54) is 12.3 Å². The van der Waals surface area contributed by atoms with Crippen LogP contribution in [0.15, 0.2) is 51.8 Å². The lowest BCUT2D eigenvalue weighted by Crippen LogP contribution is -2.47. The van der Waals surface area contributed by atoms with E-state index in [1.54, 1.807) is 22.8 Å². The lowest BCUT2D eigenvalue weighted by molar-refractivity contribution is 0.247. The molecule has 3 aromatic heterocycles. The number of hydrogen-bond donors (Lipinski definition) is 1. The molecule has 0 aliphatic carbocycles. The van der Waals surface area contributed by atoms with Crippen molar-refractivity contribution < 1.29 is 8.81 Å². The van der Waals surface area contributed by atoms with E-state index >= 15 is 0 Å². The van der Waals surface area contributed by atoms with Gasteiger partial charge in [0.2, 0.25) is 5.95 Å². The van der Waals surface area contributed by atoms with Crippen molar-refractivity contribution in [2.24, 2.45) is 0 Å². The fourth-order valence-corrected chi connectivity index (χ4v) is 4.17. The van der Waals surface area contributed by atoms with E-state index in [1.807, 2.05) is 24.0 Å². The molecule has 1 aromatic carbocycles. The number of piperazine rings is 1. The van der Waals surface area contributed by atoms with E-state index in [0.717, 1.165) is 18.8 Å². The van der Waals surface area contributed by atoms with Gasteiger partial charge in [0.05, 0.1) is 11.9 Å². The first kappa shape index (κ1) is 21.1. The van der Waals surface area contributed by atoms with E-state index < -0.39 is 0 Å². The molecular formula is C23H24FN7O2. The van der Waals surface area contributed by atoms with Crippen LogP contribution < -0.4 is 16.2 Å². The molecule has 1 saturated heterocycles. The van der Waals surface area contributed by atoms with Crippen LogP contribution in [-0.4, -0.2) is 57.1 Å². The molecule has 4 aromatic rings. The summed E-state index contributed by atoms with van der Waals surface area (Å²) in [6.07, 6.45) is 1.28. The molecule has 2 N–H and O–H groups in total. The monoisotopic (exact) mass is 449 g/mol. The Kier molecular flexibility index (Phi) is 5.51. The minimum absolute atomic E-state index is 0.0474. The number of nitrogens with two attached hydrogens (primary N) is 1. The summed E-state index contributed by atoms with van der Waals surface area (Å²) in [5.41, 5.74) is 7.62. The smallest absolute Gasteiger partial charge is 0.270 e. The summed E-state index contributed by atoms with van der Waals surface area (Å²) in [7, 11) is 0. The highest BCUT2D eigenvalue weighted by Gasteiger charge is 2.21. The molecule has 1 aliphatic rings. The lowest BCUT2D eigenvalue weighted by atomic mass is 10.2. The van der Waals surface area contributed by atoms with Crippen molar-refractivity contribution >= 4 is 22.8 Å². The number of anilines is 2. The van der Waals surface area contributed by atoms with Gasteiger partial charge in [-0.25, -0.2) is 14.4 Å². The second-order valence-corrected chi connectivity index (χ2v) is 8.04. The van der Waals surface area contributed by atoms with Gasteiger partial charge in [0.25, 0.3) is 5.56 Å². The summed E-state index contributed by atoms with van der Waals surface area (Å²) in [5.74, 6) is 1.10. The number of nitrogen functional groups attached to an aromatic ring is 1. The standard InChI is InChI=1S/C23H24FN7O2/c1-15-6-7-18(33-15)20-21-22(28-23(25)27-20)31(19(32)14-26-21)13-10-29-8-11-30(12-9-29)17-5-3-2-4-16(17)24/h2-7,14H,8-13H2,1H3,(H2,25,27,28). The summed E-state index contributed by atoms with van der Waals surface area (Å²) in [6, 6.07) is 10.4. The molecule has 0 radical (unpaired) electrons. The number of aryl methyl sites for hydroxylation is 1. The fraction of sp³-hybridized carbons (Fsp3) is 0.304. The Labute approximate surface area is 189 Å². The maximum absolute atomic E-state index is 14.1. The van der Waals surface area contributed by atoms with Gasteiger partial charge in [-0.2, -0.15) is 4.98 Å². The highest BCUT2D eigenvalue weighted by molar-refractivity contribution is 5.86. The molecule has 0 spiro atoms. The quantitative estimate of drug-likeness (QED) is 0.495. The third-order valence-corrected chi connectivity index (χ3v) is 5.89. The number of furan rings is 1. The Morgan fingerprint density at radius 3 is 2.58 bits per heavy atom. The Balaban J connectivity index is 1.36. The maximum atomic E-state index is 14.1. The van der Waals surface area contributed by atoms with Gasteiger partial charge in [-0.15, -0.1) is 0 Å². The van der Waals surface area contributed by atoms with Gasteiger partial charge in [-0.3, -0.25) is 14.3 Å². The largest absolute Gasteiger partial charge is 0.460 e. The molecule has 0 saturated carbocycles. The SMILES string of the molecule is Cc1ccc(-c2nc(N)nc3c2ncc(=O)n3CCN2CCN(c3ccccc3F)CC2)o1. The van der Waals surface area contributed by atoms with E-state index in [-0.39, 0.29) is 17.3 Å². The summed E-state index contributed by atoms with van der Waals surface area (Å²) >= 11 is 0. The Morgan fingerprint density at radius 1 is 1.06 bits per heavy atom. The first-order valence-corrected chi connectivity index (χ1v) is 10.8. The number of aromatic nitrogens is 4. The van der Waals surface area contributed by atoms with E-state index in [2.05, 4.69) is 19.9 Å². The molecule has 0 atom stereocenters. The number of hydrogen-bond acceptors (Lipinski definition) is 8. The Hall–Kier alpha value is -3.79. The second kappa shape index (κ2) is 8.62. The third kappa shape index (κ3) is 4.17. The van der Waals surface area contributed by atoms with Crippen LogP contribution in [0.1, 0.15) is 5.76 Å². The van der Waals surface area contributed by atoms with Crippen molar-refractivity contribution in [2.75, 3.05) is 43.4 Å². The van der Waals surface area contributed by atoms with Crippen LogP contribution in [0.2, 0.25) is 0 Å². The zero-order valence-corrected chi connectivity index (χ0v) is 18.2. The molecule has 0 unspecified atom stereocenters. The molecule has 1 fully saturated rings.